The average Bonchev–Trinajstić information content (AvgIpc) is 2.86. The Morgan fingerprint density at radius 1 is 1.42 bits per heavy atom. The van der Waals surface area contributed by atoms with E-state index < -0.39 is 0 Å². The van der Waals surface area contributed by atoms with Gasteiger partial charge in [0.25, 0.3) is 0 Å². The standard InChI is InChI=1S/C15H20FN3/c1-3-4-8-17-15-18-9-10-19(15)12(2)13-6-5-7-14(16)11-13/h5-7,9-12H,3-4,8H2,1-2H3,(H,17,18). The number of anilines is 1. The van der Waals surface area contributed by atoms with E-state index in [1.165, 1.54) is 6.07 Å². The Kier molecular flexibility index (Phi) is 4.55. The van der Waals surface area contributed by atoms with Crippen LogP contribution in [0.15, 0.2) is 36.7 Å². The second-order valence-electron chi connectivity index (χ2n) is 4.67. The van der Waals surface area contributed by atoms with Crippen molar-refractivity contribution in [3.63, 3.8) is 0 Å². The highest BCUT2D eigenvalue weighted by Gasteiger charge is 2.12. The van der Waals surface area contributed by atoms with Crippen LogP contribution in [0.3, 0.4) is 0 Å². The zero-order valence-corrected chi connectivity index (χ0v) is 11.4. The molecule has 0 bridgehead atoms. The molecule has 0 saturated carbocycles. The maximum absolute atomic E-state index is 13.3. The van der Waals surface area contributed by atoms with Crippen molar-refractivity contribution in [3.05, 3.63) is 48.0 Å². The van der Waals surface area contributed by atoms with Gasteiger partial charge in [0.1, 0.15) is 5.82 Å². The molecule has 0 saturated heterocycles. The fourth-order valence-corrected chi connectivity index (χ4v) is 2.07. The number of nitrogens with zero attached hydrogens (tertiary/aromatic N) is 2. The van der Waals surface area contributed by atoms with Gasteiger partial charge in [0.15, 0.2) is 0 Å². The summed E-state index contributed by atoms with van der Waals surface area (Å²) in [5.41, 5.74) is 0.941. The van der Waals surface area contributed by atoms with Crippen molar-refractivity contribution in [3.8, 4) is 0 Å². The molecule has 0 aliphatic carbocycles. The third-order valence-corrected chi connectivity index (χ3v) is 3.23. The summed E-state index contributed by atoms with van der Waals surface area (Å²) in [6.07, 6.45) is 5.95. The molecule has 1 N–H and O–H groups in total. The maximum Gasteiger partial charge on any atom is 0.203 e. The van der Waals surface area contributed by atoms with Gasteiger partial charge in [-0.1, -0.05) is 25.5 Å². The quantitative estimate of drug-likeness (QED) is 0.801. The van der Waals surface area contributed by atoms with E-state index in [4.69, 9.17) is 0 Å². The van der Waals surface area contributed by atoms with Crippen LogP contribution in [0.2, 0.25) is 0 Å². The van der Waals surface area contributed by atoms with E-state index in [0.29, 0.717) is 0 Å². The molecule has 2 rings (SSSR count). The van der Waals surface area contributed by atoms with Crippen LogP contribution in [-0.4, -0.2) is 16.1 Å². The van der Waals surface area contributed by atoms with E-state index in [0.717, 1.165) is 30.9 Å². The second-order valence-corrected chi connectivity index (χ2v) is 4.67. The lowest BCUT2D eigenvalue weighted by Gasteiger charge is -2.17. The Morgan fingerprint density at radius 3 is 3.00 bits per heavy atom. The summed E-state index contributed by atoms with van der Waals surface area (Å²) in [5.74, 6) is 0.634. The Bertz CT molecular complexity index is 522. The molecule has 2 aromatic rings. The number of rotatable bonds is 6. The van der Waals surface area contributed by atoms with Crippen LogP contribution in [0, 0.1) is 5.82 Å². The highest BCUT2D eigenvalue weighted by molar-refractivity contribution is 5.30. The molecule has 0 aliphatic rings. The largest absolute Gasteiger partial charge is 0.356 e. The molecule has 0 radical (unpaired) electrons. The molecular weight excluding hydrogens is 241 g/mol. The number of halogens is 1. The predicted octanol–water partition coefficient (Wildman–Crippen LogP) is 3.84. The molecule has 0 amide bonds. The SMILES string of the molecule is CCCCNc1nccn1C(C)c1cccc(F)c1. The first-order valence-corrected chi connectivity index (χ1v) is 6.74. The van der Waals surface area contributed by atoms with E-state index >= 15 is 0 Å². The maximum atomic E-state index is 13.3. The molecule has 3 nitrogen and oxygen atoms in total. The van der Waals surface area contributed by atoms with Gasteiger partial charge in [-0.2, -0.15) is 0 Å². The first-order valence-electron chi connectivity index (χ1n) is 6.74. The Labute approximate surface area is 113 Å². The van der Waals surface area contributed by atoms with Gasteiger partial charge >= 0.3 is 0 Å². The molecule has 0 fully saturated rings. The Morgan fingerprint density at radius 2 is 2.26 bits per heavy atom. The minimum absolute atomic E-state index is 0.0577. The van der Waals surface area contributed by atoms with Crippen LogP contribution in [0.5, 0.6) is 0 Å². The minimum Gasteiger partial charge on any atom is -0.356 e. The van der Waals surface area contributed by atoms with Crippen molar-refractivity contribution < 1.29 is 4.39 Å². The zero-order chi connectivity index (χ0) is 13.7. The van der Waals surface area contributed by atoms with Gasteiger partial charge in [-0.3, -0.25) is 0 Å². The molecule has 0 spiro atoms. The summed E-state index contributed by atoms with van der Waals surface area (Å²) in [6.45, 7) is 5.11. The van der Waals surface area contributed by atoms with Crippen molar-refractivity contribution in [2.24, 2.45) is 0 Å². The fraction of sp³-hybridized carbons (Fsp3) is 0.400. The van der Waals surface area contributed by atoms with Crippen LogP contribution >= 0.6 is 0 Å². The summed E-state index contributed by atoms with van der Waals surface area (Å²) >= 11 is 0. The molecule has 1 atom stereocenters. The van der Waals surface area contributed by atoms with Crippen LogP contribution < -0.4 is 5.32 Å². The molecule has 1 heterocycles. The van der Waals surface area contributed by atoms with E-state index in [1.807, 2.05) is 23.8 Å². The summed E-state index contributed by atoms with van der Waals surface area (Å²) in [5, 5.41) is 3.32. The lowest BCUT2D eigenvalue weighted by atomic mass is 10.1. The number of hydrogen-bond donors (Lipinski definition) is 1. The minimum atomic E-state index is -0.204. The lowest BCUT2D eigenvalue weighted by Crippen LogP contribution is -2.12. The van der Waals surface area contributed by atoms with Gasteiger partial charge in [-0.05, 0) is 31.0 Å². The fourth-order valence-electron chi connectivity index (χ4n) is 2.07. The van der Waals surface area contributed by atoms with E-state index in [9.17, 15) is 4.39 Å². The predicted molar refractivity (Wildman–Crippen MR) is 75.8 cm³/mol. The number of hydrogen-bond acceptors (Lipinski definition) is 2. The highest BCUT2D eigenvalue weighted by Crippen LogP contribution is 2.22. The third kappa shape index (κ3) is 3.34. The van der Waals surface area contributed by atoms with Crippen molar-refractivity contribution in [1.82, 2.24) is 9.55 Å². The smallest absolute Gasteiger partial charge is 0.203 e. The first kappa shape index (κ1) is 13.6. The van der Waals surface area contributed by atoms with Crippen LogP contribution in [0.1, 0.15) is 38.3 Å². The van der Waals surface area contributed by atoms with Crippen molar-refractivity contribution in [1.29, 1.82) is 0 Å². The van der Waals surface area contributed by atoms with Gasteiger partial charge < -0.3 is 9.88 Å². The van der Waals surface area contributed by atoms with Gasteiger partial charge in [0, 0.05) is 18.9 Å². The monoisotopic (exact) mass is 261 g/mol. The van der Waals surface area contributed by atoms with E-state index in [1.54, 1.807) is 18.3 Å². The van der Waals surface area contributed by atoms with Gasteiger partial charge in [0.2, 0.25) is 5.95 Å². The lowest BCUT2D eigenvalue weighted by molar-refractivity contribution is 0.605. The zero-order valence-electron chi connectivity index (χ0n) is 11.4. The topological polar surface area (TPSA) is 29.9 Å². The highest BCUT2D eigenvalue weighted by atomic mass is 19.1. The van der Waals surface area contributed by atoms with E-state index in [2.05, 4.69) is 17.2 Å². The Hall–Kier alpha value is -1.84. The summed E-state index contributed by atoms with van der Waals surface area (Å²) < 4.78 is 15.3. The number of benzene rings is 1. The summed E-state index contributed by atoms with van der Waals surface area (Å²) in [4.78, 5) is 4.32. The van der Waals surface area contributed by atoms with Crippen LogP contribution in [-0.2, 0) is 0 Å². The molecule has 4 heteroatoms. The van der Waals surface area contributed by atoms with Gasteiger partial charge in [-0.15, -0.1) is 0 Å². The average molecular weight is 261 g/mol. The van der Waals surface area contributed by atoms with Gasteiger partial charge in [0.05, 0.1) is 6.04 Å². The molecule has 102 valence electrons. The van der Waals surface area contributed by atoms with E-state index in [-0.39, 0.29) is 11.9 Å². The summed E-state index contributed by atoms with van der Waals surface area (Å²) in [7, 11) is 0. The molecule has 1 aromatic heterocycles. The molecule has 1 unspecified atom stereocenters. The molecule has 19 heavy (non-hydrogen) atoms. The normalized spacial score (nSPS) is 12.4. The number of nitrogens with one attached hydrogen (secondary N) is 1. The van der Waals surface area contributed by atoms with Gasteiger partial charge in [-0.25, -0.2) is 9.37 Å². The Balaban J connectivity index is 2.15. The molecular formula is C15H20FN3. The number of imidazole rings is 1. The second kappa shape index (κ2) is 6.36. The van der Waals surface area contributed by atoms with Crippen LogP contribution in [0.25, 0.3) is 0 Å². The molecule has 0 aliphatic heterocycles. The van der Waals surface area contributed by atoms with Crippen molar-refractivity contribution >= 4 is 5.95 Å². The first-order chi connectivity index (χ1) is 9.22. The van der Waals surface area contributed by atoms with Crippen LogP contribution in [0.4, 0.5) is 10.3 Å². The van der Waals surface area contributed by atoms with Crippen molar-refractivity contribution in [2.75, 3.05) is 11.9 Å². The number of aromatic nitrogens is 2. The summed E-state index contributed by atoms with van der Waals surface area (Å²) in [6, 6.07) is 6.76. The molecule has 1 aromatic carbocycles. The third-order valence-electron chi connectivity index (χ3n) is 3.23. The van der Waals surface area contributed by atoms with Crippen molar-refractivity contribution in [2.45, 2.75) is 32.7 Å². The number of unbranched alkanes of at least 4 members (excludes halogenated alkanes) is 1.